The lowest BCUT2D eigenvalue weighted by molar-refractivity contribution is -0.139. The zero-order valence-electron chi connectivity index (χ0n) is 11.2. The molecule has 0 fully saturated rings. The lowest BCUT2D eigenvalue weighted by Crippen LogP contribution is -2.33. The molecule has 1 aromatic carbocycles. The van der Waals surface area contributed by atoms with Gasteiger partial charge in [-0.15, -0.1) is 0 Å². The van der Waals surface area contributed by atoms with Crippen molar-refractivity contribution in [1.82, 2.24) is 0 Å². The third kappa shape index (κ3) is 2.17. The summed E-state index contributed by atoms with van der Waals surface area (Å²) in [5, 5.41) is 10.3. The number of benzene rings is 1. The average molecular weight is 263 g/mol. The lowest BCUT2D eigenvalue weighted by atomic mass is 9.99. The van der Waals surface area contributed by atoms with Crippen LogP contribution in [0.2, 0.25) is 0 Å². The molecule has 1 aromatic rings. The third-order valence-corrected chi connectivity index (χ3v) is 3.10. The van der Waals surface area contributed by atoms with E-state index in [1.807, 2.05) is 18.2 Å². The fourth-order valence-corrected chi connectivity index (χ4v) is 2.23. The summed E-state index contributed by atoms with van der Waals surface area (Å²) in [5.41, 5.74) is 1.70. The summed E-state index contributed by atoms with van der Waals surface area (Å²) in [6.07, 6.45) is -0.961. The number of esters is 1. The SMILES string of the molecule is CCOC(=O)C1=C(OC)C(O)c2ccccc2N1C. The van der Waals surface area contributed by atoms with Gasteiger partial charge in [-0.2, -0.15) is 0 Å². The van der Waals surface area contributed by atoms with Crippen LogP contribution in [0.1, 0.15) is 18.6 Å². The quantitative estimate of drug-likeness (QED) is 0.839. The van der Waals surface area contributed by atoms with E-state index in [1.54, 1.807) is 24.9 Å². The van der Waals surface area contributed by atoms with Crippen molar-refractivity contribution >= 4 is 11.7 Å². The first-order valence-corrected chi connectivity index (χ1v) is 6.07. The molecule has 1 unspecified atom stereocenters. The fraction of sp³-hybridized carbons (Fsp3) is 0.357. The number of carbonyl (C=O) groups excluding carboxylic acids is 1. The number of fused-ring (bicyclic) bond motifs is 1. The molecule has 0 amide bonds. The van der Waals surface area contributed by atoms with Crippen molar-refractivity contribution in [2.45, 2.75) is 13.0 Å². The molecule has 0 spiro atoms. The van der Waals surface area contributed by atoms with Crippen molar-refractivity contribution in [1.29, 1.82) is 0 Å². The monoisotopic (exact) mass is 263 g/mol. The summed E-state index contributed by atoms with van der Waals surface area (Å²) in [7, 11) is 3.18. The second-order valence-electron chi connectivity index (χ2n) is 4.16. The van der Waals surface area contributed by atoms with E-state index in [0.717, 1.165) is 5.69 Å². The first-order valence-electron chi connectivity index (χ1n) is 6.07. The Hall–Kier alpha value is -2.01. The number of ether oxygens (including phenoxy) is 2. The smallest absolute Gasteiger partial charge is 0.358 e. The first kappa shape index (κ1) is 13.4. The predicted molar refractivity (Wildman–Crippen MR) is 70.5 cm³/mol. The summed E-state index contributed by atoms with van der Waals surface area (Å²) in [6.45, 7) is 2.00. The summed E-state index contributed by atoms with van der Waals surface area (Å²) < 4.78 is 10.2. The van der Waals surface area contributed by atoms with Crippen LogP contribution in [0, 0.1) is 0 Å². The van der Waals surface area contributed by atoms with E-state index >= 15 is 0 Å². The molecular weight excluding hydrogens is 246 g/mol. The van der Waals surface area contributed by atoms with Crippen LogP contribution in [-0.4, -0.2) is 31.8 Å². The Labute approximate surface area is 112 Å². The van der Waals surface area contributed by atoms with Gasteiger partial charge in [0.1, 0.15) is 6.10 Å². The number of carbonyl (C=O) groups is 1. The van der Waals surface area contributed by atoms with Crippen molar-refractivity contribution in [3.8, 4) is 0 Å². The summed E-state index contributed by atoms with van der Waals surface area (Å²) in [5.74, 6) is -0.296. The van der Waals surface area contributed by atoms with Gasteiger partial charge in [0.05, 0.1) is 13.7 Å². The summed E-state index contributed by atoms with van der Waals surface area (Å²) in [6, 6.07) is 7.32. The molecule has 5 heteroatoms. The van der Waals surface area contributed by atoms with Gasteiger partial charge in [0.15, 0.2) is 11.5 Å². The molecule has 2 rings (SSSR count). The molecule has 0 radical (unpaired) electrons. The second kappa shape index (κ2) is 5.32. The zero-order chi connectivity index (χ0) is 14.0. The van der Waals surface area contributed by atoms with Crippen molar-refractivity contribution in [2.24, 2.45) is 0 Å². The molecule has 0 aliphatic carbocycles. The highest BCUT2D eigenvalue weighted by Crippen LogP contribution is 2.39. The number of hydrogen-bond donors (Lipinski definition) is 1. The van der Waals surface area contributed by atoms with Gasteiger partial charge in [0.2, 0.25) is 0 Å². The molecule has 102 valence electrons. The van der Waals surface area contributed by atoms with Crippen molar-refractivity contribution in [3.05, 3.63) is 41.3 Å². The van der Waals surface area contributed by atoms with E-state index in [4.69, 9.17) is 9.47 Å². The predicted octanol–water partition coefficient (Wildman–Crippen LogP) is 1.59. The Morgan fingerprint density at radius 3 is 2.74 bits per heavy atom. The van der Waals surface area contributed by atoms with Gasteiger partial charge in [-0.05, 0) is 13.0 Å². The van der Waals surface area contributed by atoms with Gasteiger partial charge in [-0.1, -0.05) is 18.2 Å². The highest BCUT2D eigenvalue weighted by atomic mass is 16.5. The van der Waals surface area contributed by atoms with Crippen LogP contribution in [0.5, 0.6) is 0 Å². The molecule has 0 bridgehead atoms. The normalized spacial score (nSPS) is 18.1. The molecule has 0 saturated heterocycles. The maximum atomic E-state index is 12.0. The highest BCUT2D eigenvalue weighted by Gasteiger charge is 2.35. The molecule has 0 aromatic heterocycles. The zero-order valence-corrected chi connectivity index (χ0v) is 11.2. The number of nitrogens with zero attached hydrogens (tertiary/aromatic N) is 1. The molecular formula is C14H17NO4. The van der Waals surface area contributed by atoms with Gasteiger partial charge in [0, 0.05) is 18.3 Å². The number of likely N-dealkylation sites (N-methyl/N-ethyl adjacent to an activating group) is 1. The molecule has 1 aliphatic heterocycles. The van der Waals surface area contributed by atoms with Crippen molar-refractivity contribution in [3.63, 3.8) is 0 Å². The minimum Gasteiger partial charge on any atom is -0.495 e. The van der Waals surface area contributed by atoms with Gasteiger partial charge < -0.3 is 19.5 Å². The minimum absolute atomic E-state index is 0.208. The Bertz CT molecular complexity index is 524. The number of anilines is 1. The number of rotatable bonds is 3. The van der Waals surface area contributed by atoms with Crippen LogP contribution >= 0.6 is 0 Å². The second-order valence-corrected chi connectivity index (χ2v) is 4.16. The van der Waals surface area contributed by atoms with E-state index in [2.05, 4.69) is 0 Å². The van der Waals surface area contributed by atoms with Gasteiger partial charge in [-0.25, -0.2) is 4.79 Å². The van der Waals surface area contributed by atoms with Crippen LogP contribution in [0.15, 0.2) is 35.7 Å². The van der Waals surface area contributed by atoms with E-state index in [-0.39, 0.29) is 18.1 Å². The molecule has 19 heavy (non-hydrogen) atoms. The number of hydrogen-bond acceptors (Lipinski definition) is 5. The largest absolute Gasteiger partial charge is 0.495 e. The van der Waals surface area contributed by atoms with E-state index < -0.39 is 12.1 Å². The maximum Gasteiger partial charge on any atom is 0.358 e. The van der Waals surface area contributed by atoms with E-state index in [0.29, 0.717) is 5.56 Å². The maximum absolute atomic E-state index is 12.0. The number of aliphatic hydroxyl groups excluding tert-OH is 1. The third-order valence-electron chi connectivity index (χ3n) is 3.10. The Balaban J connectivity index is 2.53. The highest BCUT2D eigenvalue weighted by molar-refractivity contribution is 5.94. The van der Waals surface area contributed by atoms with E-state index in [9.17, 15) is 9.90 Å². The van der Waals surface area contributed by atoms with Crippen molar-refractivity contribution < 1.29 is 19.4 Å². The van der Waals surface area contributed by atoms with Crippen LogP contribution in [0.25, 0.3) is 0 Å². The van der Waals surface area contributed by atoms with Crippen LogP contribution in [-0.2, 0) is 14.3 Å². The van der Waals surface area contributed by atoms with E-state index in [1.165, 1.54) is 7.11 Å². The average Bonchev–Trinajstić information content (AvgIpc) is 2.42. The lowest BCUT2D eigenvalue weighted by Gasteiger charge is -2.33. The van der Waals surface area contributed by atoms with Crippen molar-refractivity contribution in [2.75, 3.05) is 25.7 Å². The first-order chi connectivity index (χ1) is 9.11. The Kier molecular flexibility index (Phi) is 3.76. The summed E-state index contributed by atoms with van der Waals surface area (Å²) in [4.78, 5) is 13.7. The number of aliphatic hydroxyl groups is 1. The van der Waals surface area contributed by atoms with Crippen LogP contribution < -0.4 is 4.90 Å². The Morgan fingerprint density at radius 2 is 2.11 bits per heavy atom. The molecule has 1 aliphatic rings. The number of para-hydroxylation sites is 1. The number of methoxy groups -OCH3 is 1. The minimum atomic E-state index is -0.961. The van der Waals surface area contributed by atoms with Gasteiger partial charge >= 0.3 is 5.97 Å². The van der Waals surface area contributed by atoms with Crippen LogP contribution in [0.4, 0.5) is 5.69 Å². The topological polar surface area (TPSA) is 59.0 Å². The van der Waals surface area contributed by atoms with Gasteiger partial charge in [-0.3, -0.25) is 0 Å². The molecule has 0 saturated carbocycles. The standard InChI is InChI=1S/C14H17NO4/c1-4-19-14(17)11-13(18-3)12(16)9-7-5-6-8-10(9)15(11)2/h5-8,12,16H,4H2,1-3H3. The van der Waals surface area contributed by atoms with Crippen LogP contribution in [0.3, 0.4) is 0 Å². The molecule has 5 nitrogen and oxygen atoms in total. The summed E-state index contributed by atoms with van der Waals surface area (Å²) >= 11 is 0. The molecule has 1 N–H and O–H groups in total. The fourth-order valence-electron chi connectivity index (χ4n) is 2.23. The molecule has 1 heterocycles. The van der Waals surface area contributed by atoms with Gasteiger partial charge in [0.25, 0.3) is 0 Å². The Morgan fingerprint density at radius 1 is 1.42 bits per heavy atom. The molecule has 1 atom stereocenters.